The Hall–Kier alpha value is -0.870. The first-order chi connectivity index (χ1) is 6.46. The first-order valence-corrected chi connectivity index (χ1v) is 5.58. The van der Waals surface area contributed by atoms with E-state index in [1.807, 2.05) is 0 Å². The van der Waals surface area contributed by atoms with E-state index in [1.165, 1.54) is 13.2 Å². The maximum absolute atomic E-state index is 10.9. The summed E-state index contributed by atoms with van der Waals surface area (Å²) in [6.45, 7) is 0. The first kappa shape index (κ1) is 11.2. The molecule has 0 aliphatic carbocycles. The van der Waals surface area contributed by atoms with Gasteiger partial charge in [0.2, 0.25) is 0 Å². The Morgan fingerprint density at radius 1 is 1.43 bits per heavy atom. The van der Waals surface area contributed by atoms with Crippen molar-refractivity contribution in [1.29, 1.82) is 0 Å². The molecule has 0 aromatic heterocycles. The number of ether oxygens (including phenoxy) is 1. The van der Waals surface area contributed by atoms with Crippen molar-refractivity contribution in [3.05, 3.63) is 29.8 Å². The molecule has 5 nitrogen and oxygen atoms in total. The van der Waals surface area contributed by atoms with Gasteiger partial charge >= 0.3 is 7.60 Å². The number of nitrogens with two attached hydrogens (primary N) is 1. The van der Waals surface area contributed by atoms with E-state index in [0.717, 1.165) is 0 Å². The molecule has 0 saturated carbocycles. The van der Waals surface area contributed by atoms with Crippen molar-refractivity contribution in [3.8, 4) is 5.75 Å². The largest absolute Gasteiger partial charge is 0.496 e. The monoisotopic (exact) mass is 217 g/mol. The van der Waals surface area contributed by atoms with Crippen LogP contribution in [-0.4, -0.2) is 16.9 Å². The van der Waals surface area contributed by atoms with Crippen molar-refractivity contribution in [2.24, 2.45) is 5.73 Å². The standard InChI is InChI=1S/C8H12NO4P/c1-13-7-5-3-2-4-6(7)8(9)14(10,11)12/h2-5,8H,9H2,1H3,(H2,10,11,12). The number of hydrogen-bond donors (Lipinski definition) is 3. The van der Waals surface area contributed by atoms with Gasteiger partial charge in [0.05, 0.1) is 7.11 Å². The van der Waals surface area contributed by atoms with E-state index < -0.39 is 13.4 Å². The average Bonchev–Trinajstić information content (AvgIpc) is 2.15. The lowest BCUT2D eigenvalue weighted by atomic mass is 10.2. The van der Waals surface area contributed by atoms with Gasteiger partial charge in [-0.3, -0.25) is 4.57 Å². The minimum Gasteiger partial charge on any atom is -0.496 e. The molecule has 1 aromatic carbocycles. The van der Waals surface area contributed by atoms with E-state index >= 15 is 0 Å². The van der Waals surface area contributed by atoms with Gasteiger partial charge in [0.25, 0.3) is 0 Å². The average molecular weight is 217 g/mol. The molecule has 1 rings (SSSR count). The highest BCUT2D eigenvalue weighted by Gasteiger charge is 2.28. The molecule has 1 atom stereocenters. The maximum atomic E-state index is 10.9. The summed E-state index contributed by atoms with van der Waals surface area (Å²) < 4.78 is 15.9. The Morgan fingerprint density at radius 3 is 2.50 bits per heavy atom. The van der Waals surface area contributed by atoms with Crippen LogP contribution in [0.5, 0.6) is 5.75 Å². The van der Waals surface area contributed by atoms with Gasteiger partial charge in [-0.2, -0.15) is 0 Å². The smallest absolute Gasteiger partial charge is 0.346 e. The van der Waals surface area contributed by atoms with Crippen LogP contribution in [0.15, 0.2) is 24.3 Å². The van der Waals surface area contributed by atoms with Gasteiger partial charge in [-0.15, -0.1) is 0 Å². The second kappa shape index (κ2) is 4.11. The normalized spacial score (nSPS) is 13.7. The third-order valence-corrected chi connectivity index (χ3v) is 2.82. The number of hydrogen-bond acceptors (Lipinski definition) is 3. The Labute approximate surface area is 81.7 Å². The Morgan fingerprint density at radius 2 is 2.00 bits per heavy atom. The number of rotatable bonds is 3. The van der Waals surface area contributed by atoms with Gasteiger partial charge in [0.15, 0.2) is 0 Å². The zero-order chi connectivity index (χ0) is 10.8. The van der Waals surface area contributed by atoms with Crippen molar-refractivity contribution in [1.82, 2.24) is 0 Å². The van der Waals surface area contributed by atoms with Crippen LogP contribution in [-0.2, 0) is 4.57 Å². The highest BCUT2D eigenvalue weighted by molar-refractivity contribution is 7.52. The van der Waals surface area contributed by atoms with Crippen molar-refractivity contribution in [2.45, 2.75) is 5.78 Å². The van der Waals surface area contributed by atoms with Crippen molar-refractivity contribution in [3.63, 3.8) is 0 Å². The molecule has 0 aliphatic rings. The van der Waals surface area contributed by atoms with Gasteiger partial charge in [0, 0.05) is 5.56 Å². The highest BCUT2D eigenvalue weighted by atomic mass is 31.2. The van der Waals surface area contributed by atoms with Crippen LogP contribution in [0.25, 0.3) is 0 Å². The van der Waals surface area contributed by atoms with Crippen molar-refractivity contribution >= 4 is 7.60 Å². The van der Waals surface area contributed by atoms with Crippen LogP contribution in [0.2, 0.25) is 0 Å². The van der Waals surface area contributed by atoms with E-state index in [9.17, 15) is 4.57 Å². The molecule has 0 heterocycles. The number of para-hydroxylation sites is 1. The first-order valence-electron chi connectivity index (χ1n) is 3.90. The molecule has 0 spiro atoms. The summed E-state index contributed by atoms with van der Waals surface area (Å²) in [4.78, 5) is 17.8. The van der Waals surface area contributed by atoms with E-state index in [2.05, 4.69) is 0 Å². The predicted molar refractivity (Wildman–Crippen MR) is 52.0 cm³/mol. The Balaban J connectivity index is 3.12. The maximum Gasteiger partial charge on any atom is 0.346 e. The fraction of sp³-hybridized carbons (Fsp3) is 0.250. The SMILES string of the molecule is COc1ccccc1C(N)P(=O)(O)O. The fourth-order valence-electron chi connectivity index (χ4n) is 1.09. The minimum absolute atomic E-state index is 0.309. The molecule has 0 radical (unpaired) electrons. The van der Waals surface area contributed by atoms with Gasteiger partial charge < -0.3 is 20.3 Å². The van der Waals surface area contributed by atoms with Crippen LogP contribution in [0.4, 0.5) is 0 Å². The topological polar surface area (TPSA) is 92.8 Å². The van der Waals surface area contributed by atoms with Crippen LogP contribution in [0.3, 0.4) is 0 Å². The Bertz CT molecular complexity index is 362. The third-order valence-electron chi connectivity index (χ3n) is 1.82. The number of methoxy groups -OCH3 is 1. The third kappa shape index (κ3) is 2.33. The van der Waals surface area contributed by atoms with Crippen molar-refractivity contribution in [2.75, 3.05) is 7.11 Å². The lowest BCUT2D eigenvalue weighted by Gasteiger charge is -2.16. The van der Waals surface area contributed by atoms with Gasteiger partial charge in [-0.05, 0) is 6.07 Å². The lowest BCUT2D eigenvalue weighted by molar-refractivity contribution is 0.355. The van der Waals surface area contributed by atoms with Gasteiger partial charge in [-0.1, -0.05) is 18.2 Å². The molecule has 1 unspecified atom stereocenters. The molecule has 0 aliphatic heterocycles. The lowest BCUT2D eigenvalue weighted by Crippen LogP contribution is -2.11. The van der Waals surface area contributed by atoms with E-state index in [0.29, 0.717) is 11.3 Å². The van der Waals surface area contributed by atoms with E-state index in [-0.39, 0.29) is 0 Å². The van der Waals surface area contributed by atoms with Crippen LogP contribution in [0, 0.1) is 0 Å². The minimum atomic E-state index is -4.32. The molecule has 0 fully saturated rings. The molecular weight excluding hydrogens is 205 g/mol. The van der Waals surface area contributed by atoms with Crippen LogP contribution < -0.4 is 10.5 Å². The van der Waals surface area contributed by atoms with E-state index in [4.69, 9.17) is 20.3 Å². The molecule has 0 amide bonds. The summed E-state index contributed by atoms with van der Waals surface area (Å²) in [6.07, 6.45) is 0. The zero-order valence-corrected chi connectivity index (χ0v) is 8.52. The second-order valence-corrected chi connectivity index (χ2v) is 4.51. The van der Waals surface area contributed by atoms with Gasteiger partial charge in [-0.25, -0.2) is 0 Å². The van der Waals surface area contributed by atoms with Crippen LogP contribution in [0.1, 0.15) is 11.3 Å². The second-order valence-electron chi connectivity index (χ2n) is 2.78. The molecule has 0 saturated heterocycles. The molecule has 14 heavy (non-hydrogen) atoms. The molecule has 78 valence electrons. The summed E-state index contributed by atoms with van der Waals surface area (Å²) in [5, 5.41) is 0. The summed E-state index contributed by atoms with van der Waals surface area (Å²) in [7, 11) is -2.90. The highest BCUT2D eigenvalue weighted by Crippen LogP contribution is 2.50. The molecule has 1 aromatic rings. The predicted octanol–water partition coefficient (Wildman–Crippen LogP) is 0.830. The van der Waals surface area contributed by atoms with E-state index in [1.54, 1.807) is 18.2 Å². The Kier molecular flexibility index (Phi) is 3.29. The molecule has 4 N–H and O–H groups in total. The molecule has 6 heteroatoms. The van der Waals surface area contributed by atoms with Crippen molar-refractivity contribution < 1.29 is 19.1 Å². The molecule has 0 bridgehead atoms. The summed E-state index contributed by atoms with van der Waals surface area (Å²) in [6, 6.07) is 6.48. The molecular formula is C8H12NO4P. The number of benzene rings is 1. The summed E-state index contributed by atoms with van der Waals surface area (Å²) >= 11 is 0. The summed E-state index contributed by atoms with van der Waals surface area (Å²) in [5.41, 5.74) is 5.71. The quantitative estimate of drug-likeness (QED) is 0.652. The van der Waals surface area contributed by atoms with Crippen LogP contribution >= 0.6 is 7.60 Å². The van der Waals surface area contributed by atoms with Gasteiger partial charge in [0.1, 0.15) is 11.5 Å². The summed E-state index contributed by atoms with van der Waals surface area (Å²) in [5.74, 6) is -0.957. The zero-order valence-electron chi connectivity index (χ0n) is 7.62. The fourth-order valence-corrected chi connectivity index (χ4v) is 1.67.